The van der Waals surface area contributed by atoms with Gasteiger partial charge in [-0.2, -0.15) is 0 Å². The Labute approximate surface area is 128 Å². The summed E-state index contributed by atoms with van der Waals surface area (Å²) in [5, 5.41) is 3.21. The Bertz CT molecular complexity index is 426. The van der Waals surface area contributed by atoms with Crippen LogP contribution in [-0.4, -0.2) is 12.5 Å². The molecular formula is C18H28N2O. The van der Waals surface area contributed by atoms with Crippen LogP contribution in [0.5, 0.6) is 0 Å². The van der Waals surface area contributed by atoms with Gasteiger partial charge >= 0.3 is 0 Å². The molecule has 0 aliphatic heterocycles. The van der Waals surface area contributed by atoms with Crippen molar-refractivity contribution in [1.29, 1.82) is 0 Å². The number of rotatable bonds is 6. The van der Waals surface area contributed by atoms with Crippen LogP contribution in [0.1, 0.15) is 57.1 Å². The van der Waals surface area contributed by atoms with E-state index in [-0.39, 0.29) is 17.9 Å². The highest BCUT2D eigenvalue weighted by molar-refractivity contribution is 5.79. The zero-order chi connectivity index (χ0) is 15.1. The molecule has 1 aromatic rings. The van der Waals surface area contributed by atoms with E-state index in [1.807, 2.05) is 25.1 Å². The summed E-state index contributed by atoms with van der Waals surface area (Å²) in [5.41, 5.74) is 6.82. The zero-order valence-electron chi connectivity index (χ0n) is 13.1. The Kier molecular flexibility index (Phi) is 6.24. The van der Waals surface area contributed by atoms with E-state index < -0.39 is 0 Å². The van der Waals surface area contributed by atoms with Gasteiger partial charge in [0.05, 0.1) is 6.04 Å². The van der Waals surface area contributed by atoms with Crippen molar-refractivity contribution < 1.29 is 4.79 Å². The van der Waals surface area contributed by atoms with Gasteiger partial charge in [0.25, 0.3) is 0 Å². The van der Waals surface area contributed by atoms with E-state index in [0.717, 1.165) is 12.3 Å². The van der Waals surface area contributed by atoms with Gasteiger partial charge in [0.15, 0.2) is 0 Å². The number of nitrogens with one attached hydrogen (secondary N) is 1. The molecule has 1 aromatic carbocycles. The minimum absolute atomic E-state index is 0.0714. The first-order valence-corrected chi connectivity index (χ1v) is 8.26. The van der Waals surface area contributed by atoms with Gasteiger partial charge in [-0.05, 0) is 17.9 Å². The van der Waals surface area contributed by atoms with Crippen LogP contribution in [0.2, 0.25) is 0 Å². The van der Waals surface area contributed by atoms with Gasteiger partial charge in [0, 0.05) is 12.5 Å². The standard InChI is InChI=1S/C18H28N2O/c1-14(13-19)18(21)20-17(16-10-6-3-7-11-16)12-15-8-4-2-5-9-15/h3,6-7,10-11,14-15,17H,2,4-5,8-9,12-13,19H2,1H3,(H,20,21). The Morgan fingerprint density at radius 3 is 2.52 bits per heavy atom. The number of hydrogen-bond donors (Lipinski definition) is 2. The molecule has 1 aliphatic carbocycles. The largest absolute Gasteiger partial charge is 0.349 e. The van der Waals surface area contributed by atoms with Crippen LogP contribution in [0.15, 0.2) is 30.3 Å². The summed E-state index contributed by atoms with van der Waals surface area (Å²) in [4.78, 5) is 12.2. The van der Waals surface area contributed by atoms with Crippen LogP contribution in [0.4, 0.5) is 0 Å². The summed E-state index contributed by atoms with van der Waals surface area (Å²) in [6.45, 7) is 2.29. The van der Waals surface area contributed by atoms with Crippen molar-refractivity contribution in [3.05, 3.63) is 35.9 Å². The molecule has 0 heterocycles. The fourth-order valence-corrected chi connectivity index (χ4v) is 3.14. The van der Waals surface area contributed by atoms with Crippen LogP contribution >= 0.6 is 0 Å². The summed E-state index contributed by atoms with van der Waals surface area (Å²) >= 11 is 0. The second kappa shape index (κ2) is 8.18. The average molecular weight is 288 g/mol. The second-order valence-corrected chi connectivity index (χ2v) is 6.35. The van der Waals surface area contributed by atoms with E-state index in [0.29, 0.717) is 6.54 Å². The molecule has 0 radical (unpaired) electrons. The first-order valence-electron chi connectivity index (χ1n) is 8.26. The van der Waals surface area contributed by atoms with Crippen molar-refractivity contribution in [2.24, 2.45) is 17.6 Å². The van der Waals surface area contributed by atoms with E-state index in [1.54, 1.807) is 0 Å². The highest BCUT2D eigenvalue weighted by Gasteiger charge is 2.23. The van der Waals surface area contributed by atoms with Crippen molar-refractivity contribution in [2.75, 3.05) is 6.54 Å². The SMILES string of the molecule is CC(CN)C(=O)NC(CC1CCCCC1)c1ccccc1. The third-order valence-electron chi connectivity index (χ3n) is 4.61. The molecule has 21 heavy (non-hydrogen) atoms. The average Bonchev–Trinajstić information content (AvgIpc) is 2.55. The van der Waals surface area contributed by atoms with Gasteiger partial charge in [0.2, 0.25) is 5.91 Å². The number of carbonyl (C=O) groups is 1. The molecule has 2 atom stereocenters. The normalized spacial score (nSPS) is 19.0. The molecule has 0 bridgehead atoms. The van der Waals surface area contributed by atoms with Crippen LogP contribution in [0, 0.1) is 11.8 Å². The molecule has 2 unspecified atom stereocenters. The topological polar surface area (TPSA) is 55.1 Å². The molecule has 0 spiro atoms. The van der Waals surface area contributed by atoms with Crippen molar-refractivity contribution >= 4 is 5.91 Å². The predicted molar refractivity (Wildman–Crippen MR) is 86.7 cm³/mol. The quantitative estimate of drug-likeness (QED) is 0.843. The van der Waals surface area contributed by atoms with Crippen LogP contribution in [-0.2, 0) is 4.79 Å². The molecule has 1 aliphatic rings. The van der Waals surface area contributed by atoms with E-state index >= 15 is 0 Å². The maximum atomic E-state index is 12.2. The third-order valence-corrected chi connectivity index (χ3v) is 4.61. The first-order chi connectivity index (χ1) is 10.2. The van der Waals surface area contributed by atoms with Gasteiger partial charge in [0.1, 0.15) is 0 Å². The minimum atomic E-state index is -0.123. The number of benzene rings is 1. The maximum absolute atomic E-state index is 12.2. The Morgan fingerprint density at radius 1 is 1.24 bits per heavy atom. The van der Waals surface area contributed by atoms with Crippen molar-refractivity contribution in [3.8, 4) is 0 Å². The Hall–Kier alpha value is -1.35. The highest BCUT2D eigenvalue weighted by Crippen LogP contribution is 2.32. The predicted octanol–water partition coefficient (Wildman–Crippen LogP) is 3.41. The fraction of sp³-hybridized carbons (Fsp3) is 0.611. The molecule has 1 saturated carbocycles. The van der Waals surface area contributed by atoms with E-state index in [2.05, 4.69) is 17.4 Å². The van der Waals surface area contributed by atoms with Crippen molar-refractivity contribution in [3.63, 3.8) is 0 Å². The molecule has 0 aromatic heterocycles. The van der Waals surface area contributed by atoms with Gasteiger partial charge in [-0.3, -0.25) is 4.79 Å². The summed E-state index contributed by atoms with van der Waals surface area (Å²) in [6.07, 6.45) is 7.67. The molecule has 0 saturated heterocycles. The molecule has 3 nitrogen and oxygen atoms in total. The summed E-state index contributed by atoms with van der Waals surface area (Å²) in [6, 6.07) is 10.5. The highest BCUT2D eigenvalue weighted by atomic mass is 16.1. The minimum Gasteiger partial charge on any atom is -0.349 e. The fourth-order valence-electron chi connectivity index (χ4n) is 3.14. The van der Waals surface area contributed by atoms with Gasteiger partial charge in [-0.25, -0.2) is 0 Å². The number of hydrogen-bond acceptors (Lipinski definition) is 2. The second-order valence-electron chi connectivity index (χ2n) is 6.35. The van der Waals surface area contributed by atoms with E-state index in [9.17, 15) is 4.79 Å². The third kappa shape index (κ3) is 4.85. The van der Waals surface area contributed by atoms with E-state index in [1.165, 1.54) is 37.7 Å². The van der Waals surface area contributed by atoms with E-state index in [4.69, 9.17) is 5.73 Å². The molecule has 3 heteroatoms. The summed E-state index contributed by atoms with van der Waals surface area (Å²) in [7, 11) is 0. The number of nitrogens with two attached hydrogens (primary N) is 1. The van der Waals surface area contributed by atoms with Crippen LogP contribution in [0.25, 0.3) is 0 Å². The molecule has 1 amide bonds. The molecule has 1 fully saturated rings. The summed E-state index contributed by atoms with van der Waals surface area (Å²) in [5.74, 6) is 0.683. The van der Waals surface area contributed by atoms with Gasteiger partial charge in [-0.15, -0.1) is 0 Å². The monoisotopic (exact) mass is 288 g/mol. The smallest absolute Gasteiger partial charge is 0.224 e. The summed E-state index contributed by atoms with van der Waals surface area (Å²) < 4.78 is 0. The van der Waals surface area contributed by atoms with Crippen molar-refractivity contribution in [1.82, 2.24) is 5.32 Å². The molecule has 116 valence electrons. The van der Waals surface area contributed by atoms with Crippen LogP contribution < -0.4 is 11.1 Å². The lowest BCUT2D eigenvalue weighted by molar-refractivity contribution is -0.125. The molecule has 3 N–H and O–H groups in total. The van der Waals surface area contributed by atoms with Gasteiger partial charge < -0.3 is 11.1 Å². The number of carbonyl (C=O) groups excluding carboxylic acids is 1. The lowest BCUT2D eigenvalue weighted by Crippen LogP contribution is -2.36. The molecular weight excluding hydrogens is 260 g/mol. The Balaban J connectivity index is 2.04. The number of amides is 1. The van der Waals surface area contributed by atoms with Crippen molar-refractivity contribution in [2.45, 2.75) is 51.5 Å². The van der Waals surface area contributed by atoms with Gasteiger partial charge in [-0.1, -0.05) is 69.4 Å². The lowest BCUT2D eigenvalue weighted by atomic mass is 9.83. The van der Waals surface area contributed by atoms with Crippen LogP contribution in [0.3, 0.4) is 0 Å². The maximum Gasteiger partial charge on any atom is 0.224 e. The zero-order valence-corrected chi connectivity index (χ0v) is 13.1. The molecule has 2 rings (SSSR count). The lowest BCUT2D eigenvalue weighted by Gasteiger charge is -2.28. The first kappa shape index (κ1) is 16.0. The Morgan fingerprint density at radius 2 is 1.90 bits per heavy atom.